The van der Waals surface area contributed by atoms with Crippen LogP contribution >= 0.6 is 11.8 Å². The van der Waals surface area contributed by atoms with Crippen molar-refractivity contribution in [1.29, 1.82) is 0 Å². The minimum absolute atomic E-state index is 0.00107. The standard InChI is InChI=1S/C13H20N2O2S2/c1-10-9-19(16,17)7-6-15(10)12-4-3-5-13(18-2)11(12)8-14/h3-5,10H,6-9,14H2,1-2H3. The zero-order chi connectivity index (χ0) is 14.0. The monoisotopic (exact) mass is 300 g/mol. The molecule has 0 aromatic heterocycles. The van der Waals surface area contributed by atoms with E-state index in [1.807, 2.05) is 25.3 Å². The summed E-state index contributed by atoms with van der Waals surface area (Å²) >= 11 is 1.67. The first-order chi connectivity index (χ1) is 8.98. The summed E-state index contributed by atoms with van der Waals surface area (Å²) in [6, 6.07) is 6.11. The maximum absolute atomic E-state index is 11.7. The van der Waals surface area contributed by atoms with E-state index in [2.05, 4.69) is 11.0 Å². The van der Waals surface area contributed by atoms with E-state index in [9.17, 15) is 8.42 Å². The van der Waals surface area contributed by atoms with Crippen LogP contribution in [0.4, 0.5) is 5.69 Å². The first-order valence-electron chi connectivity index (χ1n) is 6.31. The Morgan fingerprint density at radius 2 is 2.21 bits per heavy atom. The number of nitrogens with zero attached hydrogens (tertiary/aromatic N) is 1. The summed E-state index contributed by atoms with van der Waals surface area (Å²) < 4.78 is 23.3. The van der Waals surface area contributed by atoms with Gasteiger partial charge in [0.05, 0.1) is 11.5 Å². The molecule has 4 nitrogen and oxygen atoms in total. The normalized spacial score (nSPS) is 22.5. The molecule has 19 heavy (non-hydrogen) atoms. The number of anilines is 1. The average molecular weight is 300 g/mol. The molecular weight excluding hydrogens is 280 g/mol. The topological polar surface area (TPSA) is 63.4 Å². The van der Waals surface area contributed by atoms with Gasteiger partial charge < -0.3 is 10.6 Å². The number of nitrogens with two attached hydrogens (primary N) is 1. The molecule has 1 aliphatic heterocycles. The highest BCUT2D eigenvalue weighted by Gasteiger charge is 2.29. The van der Waals surface area contributed by atoms with Gasteiger partial charge in [-0.05, 0) is 25.3 Å². The highest BCUT2D eigenvalue weighted by Crippen LogP contribution is 2.31. The molecule has 6 heteroatoms. The number of benzene rings is 1. The Bertz CT molecular complexity index is 558. The number of hydrogen-bond acceptors (Lipinski definition) is 5. The third kappa shape index (κ3) is 3.07. The van der Waals surface area contributed by atoms with E-state index in [4.69, 9.17) is 5.73 Å². The first-order valence-corrected chi connectivity index (χ1v) is 9.36. The second-order valence-corrected chi connectivity index (χ2v) is 7.90. The van der Waals surface area contributed by atoms with Crippen LogP contribution in [0.1, 0.15) is 12.5 Å². The van der Waals surface area contributed by atoms with Crippen molar-refractivity contribution in [3.05, 3.63) is 23.8 Å². The highest BCUT2D eigenvalue weighted by molar-refractivity contribution is 7.98. The molecule has 1 aliphatic rings. The summed E-state index contributed by atoms with van der Waals surface area (Å²) in [6.07, 6.45) is 2.03. The maximum Gasteiger partial charge on any atom is 0.154 e. The van der Waals surface area contributed by atoms with Crippen molar-refractivity contribution in [2.45, 2.75) is 24.4 Å². The number of rotatable bonds is 3. The molecule has 0 amide bonds. The molecular formula is C13H20N2O2S2. The molecule has 0 bridgehead atoms. The van der Waals surface area contributed by atoms with Gasteiger partial charge in [0, 0.05) is 35.3 Å². The minimum Gasteiger partial charge on any atom is -0.366 e. The molecule has 1 atom stereocenters. The lowest BCUT2D eigenvalue weighted by Crippen LogP contribution is -2.47. The van der Waals surface area contributed by atoms with E-state index >= 15 is 0 Å². The molecule has 1 heterocycles. The van der Waals surface area contributed by atoms with Gasteiger partial charge in [-0.1, -0.05) is 6.07 Å². The van der Waals surface area contributed by atoms with Crippen LogP contribution in [0.15, 0.2) is 23.1 Å². The van der Waals surface area contributed by atoms with Crippen molar-refractivity contribution in [3.8, 4) is 0 Å². The summed E-state index contributed by atoms with van der Waals surface area (Å²) in [4.78, 5) is 3.34. The van der Waals surface area contributed by atoms with Gasteiger partial charge in [0.15, 0.2) is 9.84 Å². The van der Waals surface area contributed by atoms with Gasteiger partial charge in [0.25, 0.3) is 0 Å². The van der Waals surface area contributed by atoms with Crippen LogP contribution in [0.5, 0.6) is 0 Å². The Kier molecular flexibility index (Phi) is 4.43. The predicted molar refractivity (Wildman–Crippen MR) is 81.6 cm³/mol. The Morgan fingerprint density at radius 1 is 1.47 bits per heavy atom. The smallest absolute Gasteiger partial charge is 0.154 e. The summed E-state index contributed by atoms with van der Waals surface area (Å²) in [5.74, 6) is 0.450. The molecule has 0 aliphatic carbocycles. The molecule has 1 fully saturated rings. The molecule has 0 radical (unpaired) electrons. The molecule has 2 N–H and O–H groups in total. The fourth-order valence-electron chi connectivity index (χ4n) is 2.58. The van der Waals surface area contributed by atoms with Crippen LogP contribution in [0.25, 0.3) is 0 Å². The van der Waals surface area contributed by atoms with Gasteiger partial charge in [0.1, 0.15) is 0 Å². The van der Waals surface area contributed by atoms with Crippen molar-refractivity contribution in [2.75, 3.05) is 29.2 Å². The van der Waals surface area contributed by atoms with Crippen LogP contribution < -0.4 is 10.6 Å². The zero-order valence-electron chi connectivity index (χ0n) is 11.3. The first kappa shape index (κ1) is 14.7. The minimum atomic E-state index is -2.89. The lowest BCUT2D eigenvalue weighted by molar-refractivity contribution is 0.567. The second kappa shape index (κ2) is 5.73. The molecule has 1 saturated heterocycles. The molecule has 1 unspecified atom stereocenters. The van der Waals surface area contributed by atoms with E-state index < -0.39 is 9.84 Å². The molecule has 2 rings (SSSR count). The van der Waals surface area contributed by atoms with Crippen LogP contribution in [-0.2, 0) is 16.4 Å². The van der Waals surface area contributed by atoms with Crippen molar-refractivity contribution < 1.29 is 8.42 Å². The van der Waals surface area contributed by atoms with Crippen molar-refractivity contribution >= 4 is 27.3 Å². The molecule has 0 saturated carbocycles. The van der Waals surface area contributed by atoms with Crippen molar-refractivity contribution in [3.63, 3.8) is 0 Å². The Morgan fingerprint density at radius 3 is 2.79 bits per heavy atom. The fourth-order valence-corrected chi connectivity index (χ4v) is 4.78. The molecule has 0 spiro atoms. The molecule has 1 aromatic carbocycles. The fraction of sp³-hybridized carbons (Fsp3) is 0.538. The van der Waals surface area contributed by atoms with Gasteiger partial charge in [-0.25, -0.2) is 8.42 Å². The summed E-state index contributed by atoms with van der Waals surface area (Å²) in [5, 5.41) is 0. The van der Waals surface area contributed by atoms with E-state index in [0.717, 1.165) is 11.3 Å². The quantitative estimate of drug-likeness (QED) is 0.857. The van der Waals surface area contributed by atoms with Crippen LogP contribution in [0.3, 0.4) is 0 Å². The third-order valence-electron chi connectivity index (χ3n) is 3.51. The Balaban J connectivity index is 2.37. The predicted octanol–water partition coefficient (Wildman–Crippen LogP) is 1.49. The zero-order valence-corrected chi connectivity index (χ0v) is 12.9. The Labute approximate surface area is 119 Å². The molecule has 106 valence electrons. The lowest BCUT2D eigenvalue weighted by atomic mass is 10.1. The number of hydrogen-bond donors (Lipinski definition) is 1. The third-order valence-corrected chi connectivity index (χ3v) is 6.13. The van der Waals surface area contributed by atoms with E-state index in [1.165, 1.54) is 4.90 Å². The second-order valence-electron chi connectivity index (χ2n) is 4.82. The summed E-state index contributed by atoms with van der Waals surface area (Å²) in [6.45, 7) is 2.99. The van der Waals surface area contributed by atoms with E-state index in [-0.39, 0.29) is 17.5 Å². The van der Waals surface area contributed by atoms with Crippen LogP contribution in [0.2, 0.25) is 0 Å². The van der Waals surface area contributed by atoms with Gasteiger partial charge in [0.2, 0.25) is 0 Å². The van der Waals surface area contributed by atoms with Crippen LogP contribution in [-0.4, -0.2) is 38.8 Å². The Hall–Kier alpha value is -0.720. The van der Waals surface area contributed by atoms with E-state index in [0.29, 0.717) is 13.1 Å². The number of sulfone groups is 1. The van der Waals surface area contributed by atoms with Gasteiger partial charge in [-0.3, -0.25) is 0 Å². The van der Waals surface area contributed by atoms with E-state index in [1.54, 1.807) is 11.8 Å². The largest absolute Gasteiger partial charge is 0.366 e. The lowest BCUT2D eigenvalue weighted by Gasteiger charge is -2.36. The van der Waals surface area contributed by atoms with Crippen molar-refractivity contribution in [2.24, 2.45) is 5.73 Å². The SMILES string of the molecule is CSc1cccc(N2CCS(=O)(=O)CC2C)c1CN. The van der Waals surface area contributed by atoms with Gasteiger partial charge >= 0.3 is 0 Å². The van der Waals surface area contributed by atoms with Crippen molar-refractivity contribution in [1.82, 2.24) is 0 Å². The van der Waals surface area contributed by atoms with Gasteiger partial charge in [-0.15, -0.1) is 11.8 Å². The summed E-state index contributed by atoms with van der Waals surface area (Å²) in [5.41, 5.74) is 8.07. The van der Waals surface area contributed by atoms with Gasteiger partial charge in [-0.2, -0.15) is 0 Å². The van der Waals surface area contributed by atoms with Crippen LogP contribution in [0, 0.1) is 0 Å². The maximum atomic E-state index is 11.7. The summed E-state index contributed by atoms with van der Waals surface area (Å²) in [7, 11) is -2.89. The molecule has 1 aromatic rings. The number of thioether (sulfide) groups is 1. The highest BCUT2D eigenvalue weighted by atomic mass is 32.2. The average Bonchev–Trinajstić information content (AvgIpc) is 2.36.